The number of benzene rings is 1. The van der Waals surface area contributed by atoms with Crippen LogP contribution in [-0.2, 0) is 13.0 Å². The third kappa shape index (κ3) is 2.80. The summed E-state index contributed by atoms with van der Waals surface area (Å²) in [4.78, 5) is 13.3. The lowest BCUT2D eigenvalue weighted by Gasteiger charge is -2.16. The molecule has 1 saturated carbocycles. The van der Waals surface area contributed by atoms with Gasteiger partial charge in [0.1, 0.15) is 5.75 Å². The predicted octanol–water partition coefficient (Wildman–Crippen LogP) is 3.85. The summed E-state index contributed by atoms with van der Waals surface area (Å²) in [5, 5.41) is 0. The van der Waals surface area contributed by atoms with Gasteiger partial charge in [0.2, 0.25) is 0 Å². The van der Waals surface area contributed by atoms with E-state index in [0.29, 0.717) is 5.92 Å². The Morgan fingerprint density at radius 1 is 1.26 bits per heavy atom. The minimum absolute atomic E-state index is 0.142. The number of nitrogens with zero attached hydrogens (tertiary/aromatic N) is 1. The second-order valence-electron chi connectivity index (χ2n) is 6.68. The lowest BCUT2D eigenvalue weighted by Crippen LogP contribution is -2.22. The van der Waals surface area contributed by atoms with Crippen LogP contribution in [0.25, 0.3) is 11.1 Å². The molecular formula is C19H21NO2S. The summed E-state index contributed by atoms with van der Waals surface area (Å²) >= 11 is 4.50. The van der Waals surface area contributed by atoms with Crippen LogP contribution in [0.15, 0.2) is 34.0 Å². The molecule has 0 amide bonds. The van der Waals surface area contributed by atoms with Crippen molar-refractivity contribution in [2.24, 2.45) is 5.92 Å². The highest BCUT2D eigenvalue weighted by Crippen LogP contribution is 2.37. The van der Waals surface area contributed by atoms with Gasteiger partial charge in [-0.1, -0.05) is 0 Å². The predicted molar refractivity (Wildman–Crippen MR) is 94.7 cm³/mol. The molecule has 4 heteroatoms. The van der Waals surface area contributed by atoms with Crippen LogP contribution in [0.5, 0.6) is 5.75 Å². The van der Waals surface area contributed by atoms with Gasteiger partial charge in [-0.15, -0.1) is 12.6 Å². The molecule has 0 unspecified atom stereocenters. The van der Waals surface area contributed by atoms with Gasteiger partial charge in [-0.3, -0.25) is 4.79 Å². The maximum atomic E-state index is 12.3. The number of hydrogen-bond donors (Lipinski definition) is 1. The average Bonchev–Trinajstić information content (AvgIpc) is 3.24. The van der Waals surface area contributed by atoms with Crippen molar-refractivity contribution in [3.05, 3.63) is 45.9 Å². The van der Waals surface area contributed by atoms with Gasteiger partial charge in [0.15, 0.2) is 0 Å². The van der Waals surface area contributed by atoms with Crippen LogP contribution in [0, 0.1) is 12.8 Å². The van der Waals surface area contributed by atoms with E-state index >= 15 is 0 Å². The SMILES string of the molecule is Cc1cc(-c2cc(S)ccc2OCC2CC2)c2n(c1=O)CCC2. The maximum Gasteiger partial charge on any atom is 0.253 e. The first-order valence-electron chi connectivity index (χ1n) is 8.33. The molecule has 0 atom stereocenters. The highest BCUT2D eigenvalue weighted by molar-refractivity contribution is 7.80. The molecule has 1 aliphatic carbocycles. The highest BCUT2D eigenvalue weighted by atomic mass is 32.1. The van der Waals surface area contributed by atoms with Crippen molar-refractivity contribution in [3.63, 3.8) is 0 Å². The molecule has 2 aromatic rings. The van der Waals surface area contributed by atoms with E-state index < -0.39 is 0 Å². The number of fused-ring (bicyclic) bond motifs is 1. The van der Waals surface area contributed by atoms with Crippen LogP contribution < -0.4 is 10.3 Å². The summed E-state index contributed by atoms with van der Waals surface area (Å²) in [6.45, 7) is 3.50. The third-order valence-electron chi connectivity index (χ3n) is 4.80. The Morgan fingerprint density at radius 2 is 2.09 bits per heavy atom. The van der Waals surface area contributed by atoms with Gasteiger partial charge in [0, 0.05) is 33.8 Å². The van der Waals surface area contributed by atoms with Crippen molar-refractivity contribution in [1.82, 2.24) is 4.57 Å². The summed E-state index contributed by atoms with van der Waals surface area (Å²) in [5.41, 5.74) is 4.26. The van der Waals surface area contributed by atoms with E-state index in [1.54, 1.807) is 0 Å². The second-order valence-corrected chi connectivity index (χ2v) is 7.20. The van der Waals surface area contributed by atoms with Gasteiger partial charge in [-0.2, -0.15) is 0 Å². The largest absolute Gasteiger partial charge is 0.493 e. The normalized spacial score (nSPS) is 16.4. The third-order valence-corrected chi connectivity index (χ3v) is 5.08. The minimum Gasteiger partial charge on any atom is -0.493 e. The highest BCUT2D eigenvalue weighted by Gasteiger charge is 2.24. The van der Waals surface area contributed by atoms with Crippen molar-refractivity contribution in [2.75, 3.05) is 6.61 Å². The Morgan fingerprint density at radius 3 is 2.87 bits per heavy atom. The van der Waals surface area contributed by atoms with Crippen LogP contribution in [0.4, 0.5) is 0 Å². The molecule has 23 heavy (non-hydrogen) atoms. The van der Waals surface area contributed by atoms with Gasteiger partial charge in [0.05, 0.1) is 6.61 Å². The van der Waals surface area contributed by atoms with E-state index in [0.717, 1.165) is 59.0 Å². The first-order chi connectivity index (χ1) is 11.1. The van der Waals surface area contributed by atoms with Gasteiger partial charge in [-0.25, -0.2) is 0 Å². The molecule has 1 aromatic carbocycles. The van der Waals surface area contributed by atoms with E-state index in [9.17, 15) is 4.79 Å². The topological polar surface area (TPSA) is 31.2 Å². The number of ether oxygens (including phenoxy) is 1. The van der Waals surface area contributed by atoms with E-state index in [4.69, 9.17) is 4.74 Å². The van der Waals surface area contributed by atoms with Gasteiger partial charge in [0.25, 0.3) is 5.56 Å². The lowest BCUT2D eigenvalue weighted by molar-refractivity contribution is 0.301. The van der Waals surface area contributed by atoms with E-state index in [2.05, 4.69) is 18.7 Å². The number of aryl methyl sites for hydroxylation is 1. The molecule has 2 aliphatic rings. The quantitative estimate of drug-likeness (QED) is 0.865. The number of thiol groups is 1. The van der Waals surface area contributed by atoms with Crippen molar-refractivity contribution in [2.45, 2.75) is 44.0 Å². The maximum absolute atomic E-state index is 12.3. The van der Waals surface area contributed by atoms with Crippen LogP contribution in [0.3, 0.4) is 0 Å². The number of rotatable bonds is 4. The fourth-order valence-corrected chi connectivity index (χ4v) is 3.54. The average molecular weight is 327 g/mol. The monoisotopic (exact) mass is 327 g/mol. The van der Waals surface area contributed by atoms with Gasteiger partial charge < -0.3 is 9.30 Å². The fourth-order valence-electron chi connectivity index (χ4n) is 3.33. The second kappa shape index (κ2) is 5.75. The molecule has 3 nitrogen and oxygen atoms in total. The molecule has 120 valence electrons. The van der Waals surface area contributed by atoms with Crippen molar-refractivity contribution in [3.8, 4) is 16.9 Å². The summed E-state index contributed by atoms with van der Waals surface area (Å²) in [6.07, 6.45) is 4.53. The molecule has 0 bridgehead atoms. The van der Waals surface area contributed by atoms with Crippen molar-refractivity contribution in [1.29, 1.82) is 0 Å². The molecule has 1 fully saturated rings. The summed E-state index contributed by atoms with van der Waals surface area (Å²) in [5.74, 6) is 1.62. The molecule has 0 radical (unpaired) electrons. The smallest absolute Gasteiger partial charge is 0.253 e. The van der Waals surface area contributed by atoms with E-state index in [1.807, 2.05) is 29.7 Å². The zero-order chi connectivity index (χ0) is 16.0. The fraction of sp³-hybridized carbons (Fsp3) is 0.421. The van der Waals surface area contributed by atoms with Crippen LogP contribution in [0.1, 0.15) is 30.5 Å². The first kappa shape index (κ1) is 14.9. The molecular weight excluding hydrogens is 306 g/mol. The number of aromatic nitrogens is 1. The van der Waals surface area contributed by atoms with Crippen LogP contribution >= 0.6 is 12.6 Å². The molecule has 1 aliphatic heterocycles. The Balaban J connectivity index is 1.83. The Kier molecular flexibility index (Phi) is 3.72. The summed E-state index contributed by atoms with van der Waals surface area (Å²) in [7, 11) is 0. The van der Waals surface area contributed by atoms with Crippen molar-refractivity contribution >= 4 is 12.6 Å². The van der Waals surface area contributed by atoms with Crippen LogP contribution in [-0.4, -0.2) is 11.2 Å². The molecule has 1 aromatic heterocycles. The van der Waals surface area contributed by atoms with E-state index in [1.165, 1.54) is 12.8 Å². The summed E-state index contributed by atoms with van der Waals surface area (Å²) < 4.78 is 8.01. The summed E-state index contributed by atoms with van der Waals surface area (Å²) in [6, 6.07) is 8.05. The number of pyridine rings is 1. The zero-order valence-electron chi connectivity index (χ0n) is 13.3. The Bertz CT molecular complexity index is 821. The standard InChI is InChI=1S/C19H21NO2S/c1-12-9-15(17-3-2-8-20(17)19(12)21)16-10-14(23)6-7-18(16)22-11-13-4-5-13/h6-7,9-10,13,23H,2-5,8,11H2,1H3. The molecule has 0 saturated heterocycles. The van der Waals surface area contributed by atoms with E-state index in [-0.39, 0.29) is 5.56 Å². The van der Waals surface area contributed by atoms with Gasteiger partial charge >= 0.3 is 0 Å². The Hall–Kier alpha value is -1.68. The molecule has 0 N–H and O–H groups in total. The molecule has 0 spiro atoms. The minimum atomic E-state index is 0.142. The zero-order valence-corrected chi connectivity index (χ0v) is 14.2. The van der Waals surface area contributed by atoms with Gasteiger partial charge in [-0.05, 0) is 62.8 Å². The van der Waals surface area contributed by atoms with Crippen LogP contribution in [0.2, 0.25) is 0 Å². The number of hydrogen-bond acceptors (Lipinski definition) is 3. The lowest BCUT2D eigenvalue weighted by atomic mass is 10.00. The Labute approximate surface area is 141 Å². The van der Waals surface area contributed by atoms with Crippen molar-refractivity contribution < 1.29 is 4.74 Å². The molecule has 4 rings (SSSR count). The first-order valence-corrected chi connectivity index (χ1v) is 8.77. The molecule has 2 heterocycles.